The van der Waals surface area contributed by atoms with Gasteiger partial charge < -0.3 is 15.0 Å². The molecule has 0 radical (unpaired) electrons. The van der Waals surface area contributed by atoms with Crippen LogP contribution in [0.2, 0.25) is 0 Å². The van der Waals surface area contributed by atoms with Crippen molar-refractivity contribution < 1.29 is 14.3 Å². The van der Waals surface area contributed by atoms with Crippen LogP contribution in [0.4, 0.5) is 5.82 Å². The first-order valence-corrected chi connectivity index (χ1v) is 13.1. The Morgan fingerprint density at radius 1 is 1.09 bits per heavy atom. The molecular weight excluding hydrogens is 428 g/mol. The van der Waals surface area contributed by atoms with Gasteiger partial charge in [-0.1, -0.05) is 6.07 Å². The maximum Gasteiger partial charge on any atom is 0.274 e. The van der Waals surface area contributed by atoms with Gasteiger partial charge >= 0.3 is 0 Å². The predicted octanol–water partition coefficient (Wildman–Crippen LogP) is 4.38. The Hall–Kier alpha value is -2.41. The molecule has 5 aliphatic rings. The Balaban J connectivity index is 1.14. The largest absolute Gasteiger partial charge is 0.384 e. The maximum absolute atomic E-state index is 13.2. The van der Waals surface area contributed by atoms with E-state index < -0.39 is 0 Å². The SMILES string of the molecule is COCC1CCN(C(=O)c2cn3c(NC(=O)CC45CC6CC(CC(C6)C4)C5)cccc3n2)CC1. The summed E-state index contributed by atoms with van der Waals surface area (Å²) in [4.78, 5) is 32.8. The molecule has 4 aliphatic carbocycles. The van der Waals surface area contributed by atoms with E-state index in [1.165, 1.54) is 38.5 Å². The van der Waals surface area contributed by atoms with Crippen molar-refractivity contribution in [1.29, 1.82) is 0 Å². The molecule has 3 heterocycles. The van der Waals surface area contributed by atoms with Gasteiger partial charge in [0.2, 0.25) is 5.91 Å². The molecule has 7 rings (SSSR count). The Bertz CT molecular complexity index is 1050. The number of aromatic nitrogens is 2. The molecule has 1 aliphatic heterocycles. The fourth-order valence-electron chi connectivity index (χ4n) is 7.95. The maximum atomic E-state index is 13.2. The average Bonchev–Trinajstić information content (AvgIpc) is 3.23. The summed E-state index contributed by atoms with van der Waals surface area (Å²) in [6, 6.07) is 5.68. The van der Waals surface area contributed by atoms with Crippen molar-refractivity contribution in [2.45, 2.75) is 57.8 Å². The van der Waals surface area contributed by atoms with Crippen LogP contribution >= 0.6 is 0 Å². The van der Waals surface area contributed by atoms with E-state index in [1.807, 2.05) is 27.5 Å². The van der Waals surface area contributed by atoms with Crippen molar-refractivity contribution in [2.75, 3.05) is 32.1 Å². The van der Waals surface area contributed by atoms with Crippen LogP contribution < -0.4 is 5.32 Å². The molecular formula is C27H36N4O3. The number of fused-ring (bicyclic) bond motifs is 1. The molecule has 5 fully saturated rings. The molecule has 4 saturated carbocycles. The summed E-state index contributed by atoms with van der Waals surface area (Å²) < 4.78 is 7.12. The van der Waals surface area contributed by atoms with Gasteiger partial charge in [-0.25, -0.2) is 4.98 Å². The van der Waals surface area contributed by atoms with E-state index in [0.717, 1.165) is 50.3 Å². The number of amides is 2. The minimum Gasteiger partial charge on any atom is -0.384 e. The number of pyridine rings is 1. The number of likely N-dealkylation sites (tertiary alicyclic amines) is 1. The number of carbonyl (C=O) groups excluding carboxylic acids is 2. The van der Waals surface area contributed by atoms with Crippen LogP contribution in [0.1, 0.15) is 68.3 Å². The van der Waals surface area contributed by atoms with Gasteiger partial charge in [-0.05, 0) is 92.6 Å². The zero-order valence-corrected chi connectivity index (χ0v) is 20.2. The van der Waals surface area contributed by atoms with Crippen LogP contribution in [-0.2, 0) is 9.53 Å². The Morgan fingerprint density at radius 3 is 2.41 bits per heavy atom. The smallest absolute Gasteiger partial charge is 0.274 e. The number of nitrogens with zero attached hydrogens (tertiary/aromatic N) is 3. The van der Waals surface area contributed by atoms with E-state index in [4.69, 9.17) is 4.74 Å². The number of ether oxygens (including phenoxy) is 1. The summed E-state index contributed by atoms with van der Waals surface area (Å²) in [6.07, 6.45) is 12.1. The lowest BCUT2D eigenvalue weighted by atomic mass is 9.49. The number of piperidine rings is 1. The van der Waals surface area contributed by atoms with Crippen molar-refractivity contribution in [1.82, 2.24) is 14.3 Å². The van der Waals surface area contributed by atoms with Crippen molar-refractivity contribution in [2.24, 2.45) is 29.1 Å². The fourth-order valence-corrected chi connectivity index (χ4v) is 7.95. The topological polar surface area (TPSA) is 75.9 Å². The van der Waals surface area contributed by atoms with E-state index in [2.05, 4.69) is 10.3 Å². The molecule has 2 aromatic heterocycles. The number of anilines is 1. The zero-order chi connectivity index (χ0) is 23.3. The highest BCUT2D eigenvalue weighted by Crippen LogP contribution is 2.61. The van der Waals surface area contributed by atoms with Gasteiger partial charge in [0.1, 0.15) is 17.2 Å². The van der Waals surface area contributed by atoms with Crippen LogP contribution in [0.5, 0.6) is 0 Å². The molecule has 0 atom stereocenters. The standard InChI is InChI=1S/C27H36N4O3/c1-34-17-18-5-7-30(8-6-18)26(33)22-16-31-23(28-22)3-2-4-24(31)29-25(32)15-27-12-19-9-20(13-27)11-21(10-19)14-27/h2-4,16,18-21H,5-15,17H2,1H3,(H,29,32). The second kappa shape index (κ2) is 8.67. The number of imidazole rings is 1. The molecule has 0 spiro atoms. The quantitative estimate of drug-likeness (QED) is 0.688. The third-order valence-corrected chi connectivity index (χ3v) is 8.98. The third-order valence-electron chi connectivity index (χ3n) is 8.98. The normalized spacial score (nSPS) is 30.7. The summed E-state index contributed by atoms with van der Waals surface area (Å²) in [5, 5.41) is 3.16. The summed E-state index contributed by atoms with van der Waals surface area (Å²) in [5.74, 6) is 3.78. The Morgan fingerprint density at radius 2 is 1.76 bits per heavy atom. The van der Waals surface area contributed by atoms with Crippen LogP contribution in [-0.4, -0.2) is 52.9 Å². The van der Waals surface area contributed by atoms with Gasteiger partial charge in [0.25, 0.3) is 5.91 Å². The Labute approximate surface area is 201 Å². The number of carbonyl (C=O) groups is 2. The molecule has 7 heteroatoms. The molecule has 2 amide bonds. The van der Waals surface area contributed by atoms with E-state index >= 15 is 0 Å². The molecule has 2 aromatic rings. The zero-order valence-electron chi connectivity index (χ0n) is 20.2. The van der Waals surface area contributed by atoms with Gasteiger partial charge in [-0.2, -0.15) is 0 Å². The summed E-state index contributed by atoms with van der Waals surface area (Å²) in [5.41, 5.74) is 1.33. The number of hydrogen-bond donors (Lipinski definition) is 1. The van der Waals surface area contributed by atoms with Crippen LogP contribution in [0.15, 0.2) is 24.4 Å². The van der Waals surface area contributed by atoms with Crippen LogP contribution in [0, 0.1) is 29.1 Å². The number of nitrogens with one attached hydrogen (secondary N) is 1. The van der Waals surface area contributed by atoms with Crippen molar-refractivity contribution in [3.05, 3.63) is 30.1 Å². The van der Waals surface area contributed by atoms with Gasteiger partial charge in [0.05, 0.1) is 0 Å². The van der Waals surface area contributed by atoms with Crippen LogP contribution in [0.3, 0.4) is 0 Å². The number of hydrogen-bond acceptors (Lipinski definition) is 4. The highest BCUT2D eigenvalue weighted by Gasteiger charge is 2.51. The molecule has 182 valence electrons. The summed E-state index contributed by atoms with van der Waals surface area (Å²) in [7, 11) is 1.73. The molecule has 0 unspecified atom stereocenters. The first-order chi connectivity index (χ1) is 16.5. The highest BCUT2D eigenvalue weighted by molar-refractivity contribution is 5.94. The molecule has 1 N–H and O–H groups in total. The first kappa shape index (κ1) is 22.1. The summed E-state index contributed by atoms with van der Waals surface area (Å²) >= 11 is 0. The molecule has 0 aromatic carbocycles. The van der Waals surface area contributed by atoms with E-state index in [0.29, 0.717) is 29.5 Å². The average molecular weight is 465 g/mol. The second-order valence-corrected chi connectivity index (χ2v) is 11.6. The minimum absolute atomic E-state index is 0.0367. The van der Waals surface area contributed by atoms with Gasteiger partial charge in [-0.15, -0.1) is 0 Å². The predicted molar refractivity (Wildman–Crippen MR) is 130 cm³/mol. The van der Waals surface area contributed by atoms with Crippen molar-refractivity contribution >= 4 is 23.3 Å². The third kappa shape index (κ3) is 4.12. The monoisotopic (exact) mass is 464 g/mol. The first-order valence-electron chi connectivity index (χ1n) is 13.1. The Kier molecular flexibility index (Phi) is 5.63. The lowest BCUT2D eigenvalue weighted by Crippen LogP contribution is -2.47. The van der Waals surface area contributed by atoms with Crippen molar-refractivity contribution in [3.63, 3.8) is 0 Å². The van der Waals surface area contributed by atoms with Gasteiger partial charge in [0, 0.05) is 39.4 Å². The second-order valence-electron chi connectivity index (χ2n) is 11.6. The van der Waals surface area contributed by atoms with Crippen molar-refractivity contribution in [3.8, 4) is 0 Å². The van der Waals surface area contributed by atoms with Gasteiger partial charge in [0.15, 0.2) is 0 Å². The van der Waals surface area contributed by atoms with E-state index in [9.17, 15) is 9.59 Å². The molecule has 1 saturated heterocycles. The van der Waals surface area contributed by atoms with E-state index in [1.54, 1.807) is 13.3 Å². The number of methoxy groups -OCH3 is 1. The van der Waals surface area contributed by atoms with Gasteiger partial charge in [-0.3, -0.25) is 14.0 Å². The lowest BCUT2D eigenvalue weighted by molar-refractivity contribution is -0.124. The summed E-state index contributed by atoms with van der Waals surface area (Å²) in [6.45, 7) is 2.22. The lowest BCUT2D eigenvalue weighted by Gasteiger charge is -2.56. The van der Waals surface area contributed by atoms with E-state index in [-0.39, 0.29) is 17.2 Å². The molecule has 34 heavy (non-hydrogen) atoms. The highest BCUT2D eigenvalue weighted by atomic mass is 16.5. The molecule has 7 nitrogen and oxygen atoms in total. The fraction of sp³-hybridized carbons (Fsp3) is 0.667. The minimum atomic E-state index is -0.0367. The molecule has 4 bridgehead atoms. The number of rotatable bonds is 6. The van der Waals surface area contributed by atoms with Crippen LogP contribution in [0.25, 0.3) is 5.65 Å².